The number of anilines is 2. The fourth-order valence-electron chi connectivity index (χ4n) is 2.93. The Morgan fingerprint density at radius 1 is 1.00 bits per heavy atom. The van der Waals surface area contributed by atoms with Crippen LogP contribution in [0.25, 0.3) is 0 Å². The molecular formula is C20H19N3O3. The molecule has 0 N–H and O–H groups in total. The highest BCUT2D eigenvalue weighted by Gasteiger charge is 2.30. The number of benzene rings is 2. The van der Waals surface area contributed by atoms with E-state index < -0.39 is 0 Å². The predicted molar refractivity (Wildman–Crippen MR) is 98.0 cm³/mol. The molecule has 0 radical (unpaired) electrons. The maximum Gasteiger partial charge on any atom is 0.329 e. The number of methoxy groups -OCH3 is 1. The van der Waals surface area contributed by atoms with Crippen LogP contribution in [0.5, 0.6) is 0 Å². The Bertz CT molecular complexity index is 838. The highest BCUT2D eigenvalue weighted by molar-refractivity contribution is 6.06. The maximum atomic E-state index is 12.8. The molecule has 0 aliphatic carbocycles. The average molecular weight is 349 g/mol. The summed E-state index contributed by atoms with van der Waals surface area (Å²) in [6, 6.07) is 16.9. The zero-order valence-electron chi connectivity index (χ0n) is 14.5. The normalized spacial score (nSPS) is 13.6. The zero-order chi connectivity index (χ0) is 18.5. The second-order valence-corrected chi connectivity index (χ2v) is 6.01. The molecule has 0 atom stereocenters. The summed E-state index contributed by atoms with van der Waals surface area (Å²) < 4.78 is 4.66. The minimum Gasteiger partial charge on any atom is -0.469 e. The first-order valence-electron chi connectivity index (χ1n) is 8.33. The highest BCUT2D eigenvalue weighted by Crippen LogP contribution is 2.26. The molecule has 2 aromatic carbocycles. The van der Waals surface area contributed by atoms with E-state index in [0.29, 0.717) is 19.5 Å². The molecule has 3 rings (SSSR count). The van der Waals surface area contributed by atoms with Gasteiger partial charge in [0.25, 0.3) is 0 Å². The number of hydrogen-bond donors (Lipinski definition) is 0. The molecule has 1 heterocycles. The summed E-state index contributed by atoms with van der Waals surface area (Å²) in [6.45, 7) is 1.19. The summed E-state index contributed by atoms with van der Waals surface area (Å²) in [6.07, 6.45) is 0.574. The van der Waals surface area contributed by atoms with E-state index in [0.717, 1.165) is 22.5 Å². The minimum absolute atomic E-state index is 0.0845. The number of ether oxygens (including phenoxy) is 1. The van der Waals surface area contributed by atoms with Gasteiger partial charge in [0.1, 0.15) is 0 Å². The smallest absolute Gasteiger partial charge is 0.329 e. The monoisotopic (exact) mass is 349 g/mol. The molecule has 1 fully saturated rings. The summed E-state index contributed by atoms with van der Waals surface area (Å²) >= 11 is 0. The van der Waals surface area contributed by atoms with Crippen LogP contribution in [0.4, 0.5) is 16.2 Å². The number of urea groups is 1. The van der Waals surface area contributed by atoms with E-state index in [1.807, 2.05) is 48.5 Å². The molecule has 6 heteroatoms. The van der Waals surface area contributed by atoms with E-state index in [9.17, 15) is 9.59 Å². The van der Waals surface area contributed by atoms with Crippen LogP contribution in [-0.4, -0.2) is 32.2 Å². The molecule has 26 heavy (non-hydrogen) atoms. The molecule has 0 saturated carbocycles. The Hall–Kier alpha value is -3.33. The SMILES string of the molecule is COC(=O)Cc1ccc(N2CCN(c3ccc(CC#N)cc3)C2=O)cc1. The molecule has 0 unspecified atom stereocenters. The third kappa shape index (κ3) is 3.67. The van der Waals surface area contributed by atoms with Crippen LogP contribution in [0, 0.1) is 11.3 Å². The molecule has 132 valence electrons. The molecule has 1 aliphatic heterocycles. The van der Waals surface area contributed by atoms with Gasteiger partial charge >= 0.3 is 12.0 Å². The largest absolute Gasteiger partial charge is 0.469 e. The lowest BCUT2D eigenvalue weighted by atomic mass is 10.1. The number of hydrogen-bond acceptors (Lipinski definition) is 4. The van der Waals surface area contributed by atoms with E-state index in [1.165, 1.54) is 7.11 Å². The van der Waals surface area contributed by atoms with Crippen molar-refractivity contribution in [1.29, 1.82) is 5.26 Å². The van der Waals surface area contributed by atoms with Gasteiger partial charge in [-0.1, -0.05) is 24.3 Å². The van der Waals surface area contributed by atoms with Gasteiger partial charge in [-0.3, -0.25) is 14.6 Å². The number of rotatable bonds is 5. The lowest BCUT2D eigenvalue weighted by Gasteiger charge is -2.19. The molecule has 2 aromatic rings. The van der Waals surface area contributed by atoms with Crippen molar-refractivity contribution in [2.45, 2.75) is 12.8 Å². The van der Waals surface area contributed by atoms with Gasteiger partial charge < -0.3 is 4.74 Å². The first kappa shape index (κ1) is 17.5. The van der Waals surface area contributed by atoms with Gasteiger partial charge in [0, 0.05) is 24.5 Å². The number of esters is 1. The molecule has 0 bridgehead atoms. The molecule has 1 aliphatic rings. The highest BCUT2D eigenvalue weighted by atomic mass is 16.5. The molecule has 0 spiro atoms. The maximum absolute atomic E-state index is 12.8. The van der Waals surface area contributed by atoms with Gasteiger partial charge in [0.05, 0.1) is 26.0 Å². The number of nitriles is 1. The van der Waals surface area contributed by atoms with Crippen LogP contribution >= 0.6 is 0 Å². The molecule has 1 saturated heterocycles. The summed E-state index contributed by atoms with van der Waals surface area (Å²) in [7, 11) is 1.36. The summed E-state index contributed by atoms with van der Waals surface area (Å²) in [5.74, 6) is -0.291. The summed E-state index contributed by atoms with van der Waals surface area (Å²) in [4.78, 5) is 27.5. The van der Waals surface area contributed by atoms with Crippen molar-refractivity contribution in [3.8, 4) is 6.07 Å². The van der Waals surface area contributed by atoms with Crippen molar-refractivity contribution in [2.24, 2.45) is 0 Å². The standard InChI is InChI=1S/C20H19N3O3/c1-26-19(24)14-16-4-8-18(9-5-16)23-13-12-22(20(23)25)17-6-2-15(3-7-17)10-11-21/h2-9H,10,12-14H2,1H3. The third-order valence-corrected chi connectivity index (χ3v) is 4.36. The van der Waals surface area contributed by atoms with Gasteiger partial charge in [-0.25, -0.2) is 4.79 Å². The first-order valence-corrected chi connectivity index (χ1v) is 8.33. The number of amides is 2. The molecular weight excluding hydrogens is 330 g/mol. The van der Waals surface area contributed by atoms with Gasteiger partial charge in [0.15, 0.2) is 0 Å². The number of carbonyl (C=O) groups excluding carboxylic acids is 2. The Morgan fingerprint density at radius 2 is 1.50 bits per heavy atom. The molecule has 0 aromatic heterocycles. The minimum atomic E-state index is -0.291. The predicted octanol–water partition coefficient (Wildman–Crippen LogP) is 2.91. The van der Waals surface area contributed by atoms with Crippen molar-refractivity contribution in [3.05, 3.63) is 59.7 Å². The quantitative estimate of drug-likeness (QED) is 0.778. The van der Waals surface area contributed by atoms with E-state index in [2.05, 4.69) is 10.8 Å². The third-order valence-electron chi connectivity index (χ3n) is 4.36. The Kier molecular flexibility index (Phi) is 5.18. The van der Waals surface area contributed by atoms with Crippen molar-refractivity contribution < 1.29 is 14.3 Å². The van der Waals surface area contributed by atoms with Crippen LogP contribution in [0.15, 0.2) is 48.5 Å². The van der Waals surface area contributed by atoms with Crippen LogP contribution in [-0.2, 0) is 22.4 Å². The summed E-state index contributed by atoms with van der Waals surface area (Å²) in [5.41, 5.74) is 3.40. The average Bonchev–Trinajstić information content (AvgIpc) is 3.04. The lowest BCUT2D eigenvalue weighted by Crippen LogP contribution is -2.31. The van der Waals surface area contributed by atoms with E-state index in [1.54, 1.807) is 9.80 Å². The van der Waals surface area contributed by atoms with Crippen molar-refractivity contribution in [1.82, 2.24) is 0 Å². The topological polar surface area (TPSA) is 73.6 Å². The first-order chi connectivity index (χ1) is 12.6. The fourth-order valence-corrected chi connectivity index (χ4v) is 2.93. The fraction of sp³-hybridized carbons (Fsp3) is 0.250. The van der Waals surface area contributed by atoms with Gasteiger partial charge in [-0.2, -0.15) is 5.26 Å². The van der Waals surface area contributed by atoms with Gasteiger partial charge in [-0.15, -0.1) is 0 Å². The van der Waals surface area contributed by atoms with Crippen LogP contribution in [0.3, 0.4) is 0 Å². The van der Waals surface area contributed by atoms with Gasteiger partial charge in [-0.05, 0) is 35.4 Å². The Balaban J connectivity index is 1.70. The van der Waals surface area contributed by atoms with Crippen molar-refractivity contribution in [3.63, 3.8) is 0 Å². The molecule has 2 amide bonds. The van der Waals surface area contributed by atoms with Crippen LogP contribution in [0.2, 0.25) is 0 Å². The number of carbonyl (C=O) groups is 2. The number of nitrogens with zero attached hydrogens (tertiary/aromatic N) is 3. The zero-order valence-corrected chi connectivity index (χ0v) is 14.5. The van der Waals surface area contributed by atoms with E-state index >= 15 is 0 Å². The summed E-state index contributed by atoms with van der Waals surface area (Å²) in [5, 5.41) is 8.74. The van der Waals surface area contributed by atoms with Crippen LogP contribution < -0.4 is 9.80 Å². The van der Waals surface area contributed by atoms with Gasteiger partial charge in [0.2, 0.25) is 0 Å². The lowest BCUT2D eigenvalue weighted by molar-refractivity contribution is -0.139. The second kappa shape index (κ2) is 7.70. The van der Waals surface area contributed by atoms with E-state index in [4.69, 9.17) is 5.26 Å². The second-order valence-electron chi connectivity index (χ2n) is 6.01. The van der Waals surface area contributed by atoms with Crippen molar-refractivity contribution in [2.75, 3.05) is 30.0 Å². The van der Waals surface area contributed by atoms with Crippen molar-refractivity contribution >= 4 is 23.4 Å². The van der Waals surface area contributed by atoms with E-state index in [-0.39, 0.29) is 18.4 Å². The van der Waals surface area contributed by atoms with Crippen LogP contribution in [0.1, 0.15) is 11.1 Å². The Morgan fingerprint density at radius 3 is 1.96 bits per heavy atom. The molecule has 6 nitrogen and oxygen atoms in total. The Labute approximate surface area is 152 Å².